The Bertz CT molecular complexity index is 873. The lowest BCUT2D eigenvalue weighted by atomic mass is 10.0. The molecule has 1 aliphatic rings. The normalized spacial score (nSPS) is 18.6. The van der Waals surface area contributed by atoms with Crippen molar-refractivity contribution >= 4 is 46.6 Å². The Morgan fingerprint density at radius 1 is 1.07 bits per heavy atom. The third-order valence-electron chi connectivity index (χ3n) is 4.76. The Hall–Kier alpha value is -2.44. The van der Waals surface area contributed by atoms with E-state index in [-0.39, 0.29) is 6.03 Å². The van der Waals surface area contributed by atoms with Crippen molar-refractivity contribution in [1.29, 1.82) is 0 Å². The first-order chi connectivity index (χ1) is 12.7. The van der Waals surface area contributed by atoms with E-state index < -0.39 is 17.7 Å². The average molecular weight is 407 g/mol. The van der Waals surface area contributed by atoms with Crippen LogP contribution in [0.15, 0.2) is 48.5 Å². The molecule has 2 N–H and O–H groups in total. The van der Waals surface area contributed by atoms with Crippen LogP contribution in [0, 0.1) is 0 Å². The lowest BCUT2D eigenvalue weighted by molar-refractivity contribution is 0.180. The van der Waals surface area contributed by atoms with Gasteiger partial charge in [-0.25, -0.2) is 9.59 Å². The lowest BCUT2D eigenvalue weighted by Gasteiger charge is -2.33. The van der Waals surface area contributed by atoms with Gasteiger partial charge in [0.05, 0.1) is 15.6 Å². The number of carbonyl (C=O) groups excluding carboxylic acids is 2. The summed E-state index contributed by atoms with van der Waals surface area (Å²) in [6.07, 6.45) is -0.569. The van der Waals surface area contributed by atoms with Gasteiger partial charge in [-0.2, -0.15) is 0 Å². The highest BCUT2D eigenvalue weighted by Gasteiger charge is 2.51. The SMILES string of the molecule is CN1C(=O)N(c2ccccc2)[C@H](NC(=O)Nc2ccc(Cl)c(Cl)c2)C1(C)C. The number of nitrogens with zero attached hydrogens (tertiary/aromatic N) is 2. The highest BCUT2D eigenvalue weighted by atomic mass is 35.5. The second-order valence-electron chi connectivity index (χ2n) is 6.83. The molecule has 2 aromatic carbocycles. The molecule has 0 radical (unpaired) electrons. The molecule has 1 atom stereocenters. The summed E-state index contributed by atoms with van der Waals surface area (Å²) in [5, 5.41) is 6.37. The fourth-order valence-corrected chi connectivity index (χ4v) is 3.27. The van der Waals surface area contributed by atoms with Gasteiger partial charge in [0.25, 0.3) is 0 Å². The summed E-state index contributed by atoms with van der Waals surface area (Å²) < 4.78 is 0. The van der Waals surface area contributed by atoms with Crippen LogP contribution >= 0.6 is 23.2 Å². The van der Waals surface area contributed by atoms with E-state index in [4.69, 9.17) is 23.2 Å². The molecule has 8 heteroatoms. The molecule has 2 aromatic rings. The Kier molecular flexibility index (Phi) is 5.22. The minimum Gasteiger partial charge on any atom is -0.318 e. The molecule has 0 saturated carbocycles. The molecule has 3 rings (SSSR count). The number of benzene rings is 2. The van der Waals surface area contributed by atoms with Crippen molar-refractivity contribution in [3.05, 3.63) is 58.6 Å². The maximum Gasteiger partial charge on any atom is 0.326 e. The Morgan fingerprint density at radius 2 is 1.74 bits per heavy atom. The van der Waals surface area contributed by atoms with Gasteiger partial charge in [-0.1, -0.05) is 41.4 Å². The van der Waals surface area contributed by atoms with E-state index in [9.17, 15) is 9.59 Å². The zero-order valence-corrected chi connectivity index (χ0v) is 16.7. The smallest absolute Gasteiger partial charge is 0.318 e. The standard InChI is InChI=1S/C19H20Cl2N4O2/c1-19(2)16(23-17(26)22-12-9-10-14(20)15(21)11-12)25(18(27)24(19)3)13-7-5-4-6-8-13/h4-11,16H,1-3H3,(H2,22,23,26)/t16-/m0/s1. The Morgan fingerprint density at radius 3 is 2.37 bits per heavy atom. The minimum absolute atomic E-state index is 0.189. The summed E-state index contributed by atoms with van der Waals surface area (Å²) >= 11 is 11.9. The molecule has 0 aliphatic carbocycles. The molecule has 1 aliphatic heterocycles. The van der Waals surface area contributed by atoms with Crippen LogP contribution in [-0.2, 0) is 0 Å². The number of urea groups is 2. The summed E-state index contributed by atoms with van der Waals surface area (Å²) in [4.78, 5) is 28.6. The number of anilines is 2. The number of halogens is 2. The van der Waals surface area contributed by atoms with Crippen molar-refractivity contribution in [3.63, 3.8) is 0 Å². The molecule has 0 aromatic heterocycles. The third-order valence-corrected chi connectivity index (χ3v) is 5.50. The van der Waals surface area contributed by atoms with Gasteiger partial charge in [-0.05, 0) is 44.2 Å². The minimum atomic E-state index is -0.623. The van der Waals surface area contributed by atoms with E-state index in [1.165, 1.54) is 0 Å². The quantitative estimate of drug-likeness (QED) is 0.768. The van der Waals surface area contributed by atoms with Gasteiger partial charge in [0.2, 0.25) is 0 Å². The van der Waals surface area contributed by atoms with Crippen LogP contribution in [0.1, 0.15) is 13.8 Å². The molecule has 0 spiro atoms. The number of para-hydroxylation sites is 1. The molecule has 1 fully saturated rings. The van der Waals surface area contributed by atoms with Crippen molar-refractivity contribution in [3.8, 4) is 0 Å². The van der Waals surface area contributed by atoms with E-state index in [1.807, 2.05) is 44.2 Å². The van der Waals surface area contributed by atoms with Gasteiger partial charge in [0.15, 0.2) is 0 Å². The monoisotopic (exact) mass is 406 g/mol. The van der Waals surface area contributed by atoms with Crippen molar-refractivity contribution in [2.24, 2.45) is 0 Å². The van der Waals surface area contributed by atoms with Gasteiger partial charge in [-0.3, -0.25) is 4.90 Å². The fourth-order valence-electron chi connectivity index (χ4n) is 2.97. The molecule has 142 valence electrons. The molecule has 6 nitrogen and oxygen atoms in total. The van der Waals surface area contributed by atoms with Crippen LogP contribution in [0.4, 0.5) is 21.0 Å². The highest BCUT2D eigenvalue weighted by Crippen LogP contribution is 2.34. The number of rotatable bonds is 3. The number of hydrogen-bond acceptors (Lipinski definition) is 2. The zero-order valence-electron chi connectivity index (χ0n) is 15.2. The van der Waals surface area contributed by atoms with Crippen LogP contribution < -0.4 is 15.5 Å². The number of likely N-dealkylation sites (N-methyl/N-ethyl adjacent to an activating group) is 1. The van der Waals surface area contributed by atoms with Gasteiger partial charge in [0, 0.05) is 18.4 Å². The number of amides is 4. The Labute approximate surface area is 168 Å². The van der Waals surface area contributed by atoms with E-state index in [0.29, 0.717) is 21.4 Å². The Balaban J connectivity index is 1.84. The molecule has 0 unspecified atom stereocenters. The van der Waals surface area contributed by atoms with Crippen molar-refractivity contribution in [1.82, 2.24) is 10.2 Å². The highest BCUT2D eigenvalue weighted by molar-refractivity contribution is 6.42. The van der Waals surface area contributed by atoms with Crippen LogP contribution in [0.3, 0.4) is 0 Å². The molecule has 1 saturated heterocycles. The molecular formula is C19H20Cl2N4O2. The first-order valence-electron chi connectivity index (χ1n) is 8.36. The maximum atomic E-state index is 12.8. The largest absolute Gasteiger partial charge is 0.326 e. The van der Waals surface area contributed by atoms with Crippen LogP contribution in [0.5, 0.6) is 0 Å². The summed E-state index contributed by atoms with van der Waals surface area (Å²) in [5.74, 6) is 0. The van der Waals surface area contributed by atoms with E-state index in [1.54, 1.807) is 35.0 Å². The topological polar surface area (TPSA) is 64.7 Å². The summed E-state index contributed by atoms with van der Waals surface area (Å²) in [6, 6.07) is 13.4. The second kappa shape index (κ2) is 7.29. The average Bonchev–Trinajstić information content (AvgIpc) is 2.79. The first kappa shape index (κ1) is 19.3. The number of nitrogens with one attached hydrogen (secondary N) is 2. The van der Waals surface area contributed by atoms with Crippen molar-refractivity contribution < 1.29 is 9.59 Å². The summed E-state index contributed by atoms with van der Waals surface area (Å²) in [7, 11) is 1.72. The molecule has 27 heavy (non-hydrogen) atoms. The molecule has 4 amide bonds. The van der Waals surface area contributed by atoms with E-state index in [0.717, 1.165) is 0 Å². The third kappa shape index (κ3) is 3.68. The first-order valence-corrected chi connectivity index (χ1v) is 9.12. The summed E-state index contributed by atoms with van der Waals surface area (Å²) in [6.45, 7) is 3.80. The molecular weight excluding hydrogens is 387 g/mol. The predicted octanol–water partition coefficient (Wildman–Crippen LogP) is 4.79. The number of hydrogen-bond donors (Lipinski definition) is 2. The van der Waals surface area contributed by atoms with Crippen molar-refractivity contribution in [2.45, 2.75) is 25.6 Å². The van der Waals surface area contributed by atoms with Crippen molar-refractivity contribution in [2.75, 3.05) is 17.3 Å². The van der Waals surface area contributed by atoms with Gasteiger partial charge >= 0.3 is 12.1 Å². The number of carbonyl (C=O) groups is 2. The van der Waals surface area contributed by atoms with Gasteiger partial charge < -0.3 is 15.5 Å². The van der Waals surface area contributed by atoms with Crippen LogP contribution in [0.2, 0.25) is 10.0 Å². The molecule has 1 heterocycles. The van der Waals surface area contributed by atoms with E-state index in [2.05, 4.69) is 10.6 Å². The van der Waals surface area contributed by atoms with Gasteiger partial charge in [-0.15, -0.1) is 0 Å². The fraction of sp³-hybridized carbons (Fsp3) is 0.263. The zero-order chi connectivity index (χ0) is 19.8. The van der Waals surface area contributed by atoms with Gasteiger partial charge in [0.1, 0.15) is 6.17 Å². The predicted molar refractivity (Wildman–Crippen MR) is 109 cm³/mol. The summed E-state index contributed by atoms with van der Waals surface area (Å²) in [5.41, 5.74) is 0.588. The van der Waals surface area contributed by atoms with Crippen LogP contribution in [0.25, 0.3) is 0 Å². The molecule has 0 bridgehead atoms. The van der Waals surface area contributed by atoms with Crippen LogP contribution in [-0.4, -0.2) is 35.7 Å². The maximum absolute atomic E-state index is 12.8. The lowest BCUT2D eigenvalue weighted by Crippen LogP contribution is -2.56. The van der Waals surface area contributed by atoms with E-state index >= 15 is 0 Å². The second-order valence-corrected chi connectivity index (χ2v) is 7.65.